The van der Waals surface area contributed by atoms with Gasteiger partial charge in [0.15, 0.2) is 6.61 Å². The Morgan fingerprint density at radius 1 is 1.12 bits per heavy atom. The van der Waals surface area contributed by atoms with Crippen molar-refractivity contribution in [2.45, 2.75) is 19.9 Å². The van der Waals surface area contributed by atoms with E-state index >= 15 is 0 Å². The summed E-state index contributed by atoms with van der Waals surface area (Å²) in [6.45, 7) is 5.93. The number of carbonyl (C=O) groups excluding carboxylic acids is 2. The van der Waals surface area contributed by atoms with E-state index in [-0.39, 0.29) is 36.7 Å². The van der Waals surface area contributed by atoms with Gasteiger partial charge in [-0.25, -0.2) is 0 Å². The second kappa shape index (κ2) is 9.99. The average Bonchev–Trinajstić information content (AvgIpc) is 2.59. The molecule has 2 amide bonds. The normalized spacial score (nSPS) is 15.6. The van der Waals surface area contributed by atoms with E-state index in [0.29, 0.717) is 31.9 Å². The Kier molecular flexibility index (Phi) is 8.68. The summed E-state index contributed by atoms with van der Waals surface area (Å²) in [6, 6.07) is 6.86. The number of hydrogen-bond donors (Lipinski definition) is 1. The Balaban J connectivity index is 0.00000312. The number of rotatable bonds is 5. The van der Waals surface area contributed by atoms with Crippen molar-refractivity contribution >= 4 is 40.2 Å². The number of benzene rings is 1. The molecule has 1 aromatic rings. The number of ether oxygens (including phenoxy) is 1. The summed E-state index contributed by atoms with van der Waals surface area (Å²) in [5.74, 6) is 0.654. The van der Waals surface area contributed by atoms with Gasteiger partial charge in [0, 0.05) is 30.7 Å². The summed E-state index contributed by atoms with van der Waals surface area (Å²) < 4.78 is 6.47. The van der Waals surface area contributed by atoms with Gasteiger partial charge in [-0.2, -0.15) is 0 Å². The van der Waals surface area contributed by atoms with E-state index in [2.05, 4.69) is 15.9 Å². The second-order valence-corrected chi connectivity index (χ2v) is 7.13. The molecule has 2 rings (SSSR count). The van der Waals surface area contributed by atoms with Crippen molar-refractivity contribution in [1.29, 1.82) is 0 Å². The summed E-state index contributed by atoms with van der Waals surface area (Å²) in [5.41, 5.74) is 5.91. The lowest BCUT2D eigenvalue weighted by Gasteiger charge is -2.36. The highest BCUT2D eigenvalue weighted by atomic mass is 79.9. The third kappa shape index (κ3) is 6.17. The van der Waals surface area contributed by atoms with Gasteiger partial charge in [0.1, 0.15) is 5.75 Å². The van der Waals surface area contributed by atoms with E-state index in [1.165, 1.54) is 0 Å². The van der Waals surface area contributed by atoms with Crippen molar-refractivity contribution in [3.63, 3.8) is 0 Å². The van der Waals surface area contributed by atoms with Crippen molar-refractivity contribution in [2.75, 3.05) is 32.8 Å². The molecule has 0 bridgehead atoms. The van der Waals surface area contributed by atoms with Crippen LogP contribution in [-0.4, -0.2) is 60.4 Å². The van der Waals surface area contributed by atoms with Crippen LogP contribution in [0, 0.1) is 5.92 Å². The fraction of sp³-hybridized carbons (Fsp3) is 0.529. The van der Waals surface area contributed by atoms with E-state index in [4.69, 9.17) is 10.5 Å². The van der Waals surface area contributed by atoms with Crippen molar-refractivity contribution in [3.05, 3.63) is 28.7 Å². The lowest BCUT2D eigenvalue weighted by Crippen LogP contribution is -2.55. The van der Waals surface area contributed by atoms with Crippen LogP contribution >= 0.6 is 28.3 Å². The standard InChI is InChI=1S/C17H24BrN3O3.ClH/c1-12(2)16(19)17(23)21-9-7-20(8-10-21)15(22)11-24-14-5-3-13(18)4-6-14;/h3-6,12,16H,7-11,19H2,1-2H3;1H/t16-;/m0./s1. The third-order valence-corrected chi connectivity index (χ3v) is 4.65. The van der Waals surface area contributed by atoms with Crippen LogP contribution in [0.1, 0.15) is 13.8 Å². The summed E-state index contributed by atoms with van der Waals surface area (Å²) in [5, 5.41) is 0. The second-order valence-electron chi connectivity index (χ2n) is 6.22. The van der Waals surface area contributed by atoms with Crippen molar-refractivity contribution in [3.8, 4) is 5.75 Å². The van der Waals surface area contributed by atoms with E-state index in [1.54, 1.807) is 21.9 Å². The van der Waals surface area contributed by atoms with Gasteiger partial charge in [0.25, 0.3) is 5.91 Å². The number of nitrogens with two attached hydrogens (primary N) is 1. The molecule has 25 heavy (non-hydrogen) atoms. The zero-order valence-corrected chi connectivity index (χ0v) is 16.9. The number of halogens is 2. The predicted molar refractivity (Wildman–Crippen MR) is 103 cm³/mol. The quantitative estimate of drug-likeness (QED) is 0.768. The summed E-state index contributed by atoms with van der Waals surface area (Å²) in [6.07, 6.45) is 0. The minimum atomic E-state index is -0.479. The first-order valence-corrected chi connectivity index (χ1v) is 8.88. The fourth-order valence-corrected chi connectivity index (χ4v) is 2.70. The van der Waals surface area contributed by atoms with Crippen molar-refractivity contribution in [2.24, 2.45) is 11.7 Å². The molecule has 0 aromatic heterocycles. The zero-order chi connectivity index (χ0) is 17.7. The molecule has 8 heteroatoms. The number of carbonyl (C=O) groups is 2. The van der Waals surface area contributed by atoms with Gasteiger partial charge in [-0.3, -0.25) is 9.59 Å². The third-order valence-electron chi connectivity index (χ3n) is 4.12. The van der Waals surface area contributed by atoms with E-state index in [0.717, 1.165) is 4.47 Å². The Labute approximate surface area is 163 Å². The zero-order valence-electron chi connectivity index (χ0n) is 14.5. The predicted octanol–water partition coefficient (Wildman–Crippen LogP) is 1.90. The van der Waals surface area contributed by atoms with E-state index in [1.807, 2.05) is 26.0 Å². The van der Waals surface area contributed by atoms with Gasteiger partial charge in [-0.05, 0) is 30.2 Å². The van der Waals surface area contributed by atoms with E-state index < -0.39 is 6.04 Å². The Morgan fingerprint density at radius 3 is 2.16 bits per heavy atom. The summed E-state index contributed by atoms with van der Waals surface area (Å²) in [7, 11) is 0. The van der Waals surface area contributed by atoms with Gasteiger partial charge >= 0.3 is 0 Å². The molecular weight excluding hydrogens is 410 g/mol. The molecule has 0 unspecified atom stereocenters. The maximum atomic E-state index is 12.2. The average molecular weight is 435 g/mol. The molecule has 0 aliphatic carbocycles. The van der Waals surface area contributed by atoms with Crippen molar-refractivity contribution < 1.29 is 14.3 Å². The first-order chi connectivity index (χ1) is 11.4. The highest BCUT2D eigenvalue weighted by Crippen LogP contribution is 2.16. The van der Waals surface area contributed by atoms with Gasteiger partial charge in [-0.15, -0.1) is 12.4 Å². The van der Waals surface area contributed by atoms with Gasteiger partial charge in [0.05, 0.1) is 6.04 Å². The Hall–Kier alpha value is -1.31. The molecular formula is C17H25BrClN3O3. The highest BCUT2D eigenvalue weighted by molar-refractivity contribution is 9.10. The number of piperazine rings is 1. The largest absolute Gasteiger partial charge is 0.484 e. The minimum Gasteiger partial charge on any atom is -0.484 e. The molecule has 0 spiro atoms. The molecule has 140 valence electrons. The van der Waals surface area contributed by atoms with Crippen LogP contribution in [0.2, 0.25) is 0 Å². The fourth-order valence-electron chi connectivity index (χ4n) is 2.44. The molecule has 0 saturated carbocycles. The smallest absolute Gasteiger partial charge is 0.260 e. The molecule has 1 aliphatic rings. The molecule has 0 radical (unpaired) electrons. The molecule has 6 nitrogen and oxygen atoms in total. The SMILES string of the molecule is CC(C)[C@H](N)C(=O)N1CCN(C(=O)COc2ccc(Br)cc2)CC1.Cl. The first-order valence-electron chi connectivity index (χ1n) is 8.09. The van der Waals surface area contributed by atoms with Crippen LogP contribution in [0.25, 0.3) is 0 Å². The van der Waals surface area contributed by atoms with Crippen LogP contribution in [0.15, 0.2) is 28.7 Å². The highest BCUT2D eigenvalue weighted by Gasteiger charge is 2.28. The topological polar surface area (TPSA) is 75.9 Å². The van der Waals surface area contributed by atoms with Crippen LogP contribution < -0.4 is 10.5 Å². The molecule has 1 aromatic carbocycles. The van der Waals surface area contributed by atoms with Crippen molar-refractivity contribution in [1.82, 2.24) is 9.80 Å². The van der Waals surface area contributed by atoms with Crippen LogP contribution in [-0.2, 0) is 9.59 Å². The van der Waals surface area contributed by atoms with Gasteiger partial charge < -0.3 is 20.3 Å². The Bertz CT molecular complexity index is 575. The van der Waals surface area contributed by atoms with Gasteiger partial charge in [0.2, 0.25) is 5.91 Å². The van der Waals surface area contributed by atoms with Gasteiger partial charge in [-0.1, -0.05) is 29.8 Å². The number of hydrogen-bond acceptors (Lipinski definition) is 4. The Morgan fingerprint density at radius 2 is 1.64 bits per heavy atom. The molecule has 1 aliphatic heterocycles. The van der Waals surface area contributed by atoms with Crippen LogP contribution in [0.5, 0.6) is 5.75 Å². The molecule has 1 saturated heterocycles. The lowest BCUT2D eigenvalue weighted by molar-refractivity contribution is -0.141. The van der Waals surface area contributed by atoms with Crippen LogP contribution in [0.4, 0.5) is 0 Å². The molecule has 1 heterocycles. The lowest BCUT2D eigenvalue weighted by atomic mass is 10.0. The van der Waals surface area contributed by atoms with Crippen LogP contribution in [0.3, 0.4) is 0 Å². The molecule has 1 fully saturated rings. The number of amides is 2. The first kappa shape index (κ1) is 21.7. The molecule has 2 N–H and O–H groups in total. The maximum absolute atomic E-state index is 12.2. The monoisotopic (exact) mass is 433 g/mol. The number of nitrogens with zero attached hydrogens (tertiary/aromatic N) is 2. The van der Waals surface area contributed by atoms with E-state index in [9.17, 15) is 9.59 Å². The summed E-state index contributed by atoms with van der Waals surface area (Å²) >= 11 is 3.35. The maximum Gasteiger partial charge on any atom is 0.260 e. The summed E-state index contributed by atoms with van der Waals surface area (Å²) in [4.78, 5) is 27.9. The minimum absolute atomic E-state index is 0. The molecule has 1 atom stereocenters.